The van der Waals surface area contributed by atoms with Crippen LogP contribution >= 0.6 is 0 Å². The summed E-state index contributed by atoms with van der Waals surface area (Å²) >= 11 is 0. The maximum absolute atomic E-state index is 13.1. The van der Waals surface area contributed by atoms with E-state index in [9.17, 15) is 13.2 Å². The number of aryl methyl sites for hydroxylation is 1. The van der Waals surface area contributed by atoms with Crippen molar-refractivity contribution in [2.45, 2.75) is 18.8 Å². The second-order valence-corrected chi connectivity index (χ2v) is 4.52. The first-order valence-corrected chi connectivity index (χ1v) is 6.09. The summed E-state index contributed by atoms with van der Waals surface area (Å²) in [4.78, 5) is 0. The third kappa shape index (κ3) is 3.37. The van der Waals surface area contributed by atoms with Crippen LogP contribution in [-0.4, -0.2) is 0 Å². The van der Waals surface area contributed by atoms with Gasteiger partial charge in [0.25, 0.3) is 0 Å². The molecule has 0 aliphatic rings. The average molecular weight is 263 g/mol. The molecule has 0 saturated carbocycles. The number of halogens is 3. The Morgan fingerprint density at radius 1 is 0.947 bits per heavy atom. The van der Waals surface area contributed by atoms with Crippen molar-refractivity contribution in [1.82, 2.24) is 0 Å². The lowest BCUT2D eigenvalue weighted by atomic mass is 9.94. The van der Waals surface area contributed by atoms with Gasteiger partial charge in [-0.15, -0.1) is 0 Å². The minimum absolute atomic E-state index is 0.0392. The summed E-state index contributed by atoms with van der Waals surface area (Å²) in [7, 11) is 0. The molecule has 0 amide bonds. The summed E-state index contributed by atoms with van der Waals surface area (Å²) in [5.74, 6) is -3.67. The van der Waals surface area contributed by atoms with E-state index >= 15 is 0 Å². The maximum atomic E-state index is 13.1. The highest BCUT2D eigenvalue weighted by Gasteiger charge is 2.11. The highest BCUT2D eigenvalue weighted by atomic mass is 19.2. The van der Waals surface area contributed by atoms with Crippen LogP contribution in [0.25, 0.3) is 0 Å². The van der Waals surface area contributed by atoms with Crippen LogP contribution in [0.2, 0.25) is 0 Å². The highest BCUT2D eigenvalue weighted by molar-refractivity contribution is 5.23. The van der Waals surface area contributed by atoms with E-state index in [1.807, 2.05) is 30.3 Å². The van der Waals surface area contributed by atoms with E-state index in [1.165, 1.54) is 0 Å². The van der Waals surface area contributed by atoms with Gasteiger partial charge >= 0.3 is 0 Å². The maximum Gasteiger partial charge on any atom is 0.194 e. The summed E-state index contributed by atoms with van der Waals surface area (Å²) in [5, 5.41) is 0. The summed E-state index contributed by atoms with van der Waals surface area (Å²) < 4.78 is 38.9. The summed E-state index contributed by atoms with van der Waals surface area (Å²) in [6, 6.07) is 11.8. The fraction of sp³-hybridized carbons (Fsp3) is 0.188. The van der Waals surface area contributed by atoms with Crippen molar-refractivity contribution in [3.63, 3.8) is 0 Å². The molecule has 2 rings (SSSR count). The Kier molecular flexibility index (Phi) is 4.25. The van der Waals surface area contributed by atoms with Gasteiger partial charge in [-0.05, 0) is 48.9 Å². The van der Waals surface area contributed by atoms with Crippen LogP contribution in [-0.2, 0) is 6.42 Å². The lowest BCUT2D eigenvalue weighted by Crippen LogP contribution is -1.99. The molecular formula is C16H14F3. The number of rotatable bonds is 4. The van der Waals surface area contributed by atoms with E-state index in [-0.39, 0.29) is 5.92 Å². The lowest BCUT2D eigenvalue weighted by Gasteiger charge is -2.11. The standard InChI is InChI=1S/C16H14F3/c1-11(13-5-3-2-4-6-13)7-8-12-9-14(17)16(19)15(18)10-12/h2-6,9-11H,1,7-8H2. The predicted molar refractivity (Wildman–Crippen MR) is 69.2 cm³/mol. The predicted octanol–water partition coefficient (Wildman–Crippen LogP) is 4.65. The Bertz CT molecular complexity index is 526. The van der Waals surface area contributed by atoms with Gasteiger partial charge in [-0.1, -0.05) is 30.3 Å². The van der Waals surface area contributed by atoms with Gasteiger partial charge in [0.05, 0.1) is 0 Å². The van der Waals surface area contributed by atoms with Gasteiger partial charge in [0.1, 0.15) is 0 Å². The van der Waals surface area contributed by atoms with Crippen molar-refractivity contribution < 1.29 is 13.2 Å². The molecule has 19 heavy (non-hydrogen) atoms. The minimum Gasteiger partial charge on any atom is -0.204 e. The average Bonchev–Trinajstić information content (AvgIpc) is 2.43. The SMILES string of the molecule is [CH2]C(CCc1cc(F)c(F)c(F)c1)c1ccccc1. The monoisotopic (exact) mass is 263 g/mol. The summed E-state index contributed by atoms with van der Waals surface area (Å²) in [6.07, 6.45) is 1.10. The third-order valence-corrected chi connectivity index (χ3v) is 3.10. The van der Waals surface area contributed by atoms with E-state index in [2.05, 4.69) is 6.92 Å². The number of hydrogen-bond acceptors (Lipinski definition) is 0. The normalized spacial score (nSPS) is 12.4. The number of benzene rings is 2. The zero-order chi connectivity index (χ0) is 13.8. The van der Waals surface area contributed by atoms with Crippen LogP contribution in [0.1, 0.15) is 23.5 Å². The van der Waals surface area contributed by atoms with Crippen molar-refractivity contribution in [3.8, 4) is 0 Å². The smallest absolute Gasteiger partial charge is 0.194 e. The van der Waals surface area contributed by atoms with Crippen LogP contribution in [0.15, 0.2) is 42.5 Å². The van der Waals surface area contributed by atoms with E-state index in [0.717, 1.165) is 17.7 Å². The molecule has 0 saturated heterocycles. The highest BCUT2D eigenvalue weighted by Crippen LogP contribution is 2.22. The Hall–Kier alpha value is -1.77. The molecule has 0 bridgehead atoms. The third-order valence-electron chi connectivity index (χ3n) is 3.10. The molecule has 2 aromatic rings. The molecule has 3 heteroatoms. The Balaban J connectivity index is 2.03. The van der Waals surface area contributed by atoms with E-state index < -0.39 is 17.5 Å². The van der Waals surface area contributed by atoms with Gasteiger partial charge in [0, 0.05) is 0 Å². The molecule has 1 unspecified atom stereocenters. The zero-order valence-electron chi connectivity index (χ0n) is 10.4. The molecule has 0 fully saturated rings. The van der Waals surface area contributed by atoms with Crippen molar-refractivity contribution in [2.75, 3.05) is 0 Å². The molecule has 0 heterocycles. The Labute approximate surface area is 110 Å². The minimum atomic E-state index is -1.42. The molecule has 0 aromatic heterocycles. The Morgan fingerprint density at radius 3 is 2.11 bits per heavy atom. The second kappa shape index (κ2) is 5.91. The molecule has 0 spiro atoms. The molecular weight excluding hydrogens is 249 g/mol. The van der Waals surface area contributed by atoms with Crippen molar-refractivity contribution in [1.29, 1.82) is 0 Å². The van der Waals surface area contributed by atoms with Gasteiger partial charge < -0.3 is 0 Å². The topological polar surface area (TPSA) is 0 Å². The fourth-order valence-electron chi connectivity index (χ4n) is 1.99. The van der Waals surface area contributed by atoms with Crippen LogP contribution in [0.5, 0.6) is 0 Å². The van der Waals surface area contributed by atoms with E-state index in [1.54, 1.807) is 0 Å². The lowest BCUT2D eigenvalue weighted by molar-refractivity contribution is 0.445. The largest absolute Gasteiger partial charge is 0.204 e. The first kappa shape index (κ1) is 13.7. The van der Waals surface area contributed by atoms with Crippen molar-refractivity contribution >= 4 is 0 Å². The number of hydrogen-bond donors (Lipinski definition) is 0. The summed E-state index contributed by atoms with van der Waals surface area (Å²) in [5.41, 5.74) is 1.52. The first-order valence-electron chi connectivity index (χ1n) is 6.09. The van der Waals surface area contributed by atoms with Gasteiger partial charge in [-0.2, -0.15) is 0 Å². The fourth-order valence-corrected chi connectivity index (χ4v) is 1.99. The van der Waals surface area contributed by atoms with Crippen molar-refractivity contribution in [3.05, 3.63) is 78.0 Å². The van der Waals surface area contributed by atoms with Crippen LogP contribution in [0.4, 0.5) is 13.2 Å². The van der Waals surface area contributed by atoms with Crippen LogP contribution in [0, 0.1) is 24.4 Å². The van der Waals surface area contributed by atoms with Gasteiger partial charge in [0.2, 0.25) is 0 Å². The molecule has 99 valence electrons. The second-order valence-electron chi connectivity index (χ2n) is 4.52. The first-order chi connectivity index (χ1) is 9.08. The van der Waals surface area contributed by atoms with Crippen LogP contribution < -0.4 is 0 Å². The van der Waals surface area contributed by atoms with Gasteiger partial charge in [-0.3, -0.25) is 0 Å². The molecule has 1 radical (unpaired) electrons. The summed E-state index contributed by atoms with van der Waals surface area (Å²) in [6.45, 7) is 4.02. The molecule has 0 N–H and O–H groups in total. The molecule has 0 nitrogen and oxygen atoms in total. The van der Waals surface area contributed by atoms with E-state index in [4.69, 9.17) is 0 Å². The van der Waals surface area contributed by atoms with E-state index in [0.29, 0.717) is 18.4 Å². The quantitative estimate of drug-likeness (QED) is 0.704. The Morgan fingerprint density at radius 2 is 1.53 bits per heavy atom. The molecule has 0 aliphatic heterocycles. The molecule has 0 aliphatic carbocycles. The van der Waals surface area contributed by atoms with Crippen molar-refractivity contribution in [2.24, 2.45) is 0 Å². The molecule has 1 atom stereocenters. The zero-order valence-corrected chi connectivity index (χ0v) is 10.4. The van der Waals surface area contributed by atoms with Crippen LogP contribution in [0.3, 0.4) is 0 Å². The van der Waals surface area contributed by atoms with Gasteiger partial charge in [-0.25, -0.2) is 13.2 Å². The molecule has 2 aromatic carbocycles. The van der Waals surface area contributed by atoms with Gasteiger partial charge in [0.15, 0.2) is 17.5 Å².